The van der Waals surface area contributed by atoms with Crippen LogP contribution < -0.4 is 10.6 Å². The van der Waals surface area contributed by atoms with Gasteiger partial charge in [0.25, 0.3) is 0 Å². The van der Waals surface area contributed by atoms with Gasteiger partial charge in [-0.3, -0.25) is 9.59 Å². The molecule has 0 bridgehead atoms. The molecule has 2 atom stereocenters. The lowest BCUT2D eigenvalue weighted by atomic mass is 10.2. The van der Waals surface area contributed by atoms with Crippen molar-refractivity contribution in [1.29, 1.82) is 5.26 Å². The van der Waals surface area contributed by atoms with E-state index in [1.54, 1.807) is 18.2 Å². The van der Waals surface area contributed by atoms with Crippen LogP contribution in [0.5, 0.6) is 0 Å². The van der Waals surface area contributed by atoms with Gasteiger partial charge in [-0.25, -0.2) is 13.2 Å². The first kappa shape index (κ1) is 17.5. The van der Waals surface area contributed by atoms with Crippen molar-refractivity contribution in [2.45, 2.75) is 6.42 Å². The number of carbonyl (C=O) groups excluding carboxylic acids is 2. The number of halogens is 3. The van der Waals surface area contributed by atoms with Crippen LogP contribution in [0.25, 0.3) is 0 Å². The predicted molar refractivity (Wildman–Crippen MR) is 86.3 cm³/mol. The van der Waals surface area contributed by atoms with Crippen LogP contribution in [0.3, 0.4) is 0 Å². The molecular weight excluding hydrogens is 347 g/mol. The minimum atomic E-state index is -1.68. The van der Waals surface area contributed by atoms with Crippen molar-refractivity contribution in [2.75, 3.05) is 10.6 Å². The van der Waals surface area contributed by atoms with Crippen molar-refractivity contribution in [1.82, 2.24) is 0 Å². The van der Waals surface area contributed by atoms with Crippen molar-refractivity contribution in [3.8, 4) is 6.07 Å². The maximum absolute atomic E-state index is 13.6. The fourth-order valence-electron chi connectivity index (χ4n) is 2.52. The van der Waals surface area contributed by atoms with E-state index < -0.39 is 46.8 Å². The molecule has 1 aliphatic carbocycles. The standard InChI is InChI=1S/C18H12F3N3O2/c19-13-4-5-14(16(21)15(13)20)24-18(26)12-7-11(12)17(25)23-10-3-1-2-9(6-10)8-22/h1-6,11-12H,7H2,(H,23,25)(H,24,26). The van der Waals surface area contributed by atoms with Gasteiger partial charge in [0, 0.05) is 5.69 Å². The number of amides is 2. The molecule has 0 aromatic heterocycles. The first-order valence-corrected chi connectivity index (χ1v) is 7.66. The van der Waals surface area contributed by atoms with Crippen LogP contribution in [0.15, 0.2) is 36.4 Å². The van der Waals surface area contributed by atoms with E-state index in [0.717, 1.165) is 6.07 Å². The van der Waals surface area contributed by atoms with Gasteiger partial charge in [-0.2, -0.15) is 5.26 Å². The second-order valence-electron chi connectivity index (χ2n) is 5.84. The molecule has 1 saturated carbocycles. The Morgan fingerprint density at radius 1 is 1.00 bits per heavy atom. The molecule has 0 heterocycles. The molecule has 3 rings (SSSR count). The summed E-state index contributed by atoms with van der Waals surface area (Å²) in [5.41, 5.74) is 0.315. The smallest absolute Gasteiger partial charge is 0.228 e. The third-order valence-electron chi connectivity index (χ3n) is 4.02. The van der Waals surface area contributed by atoms with E-state index >= 15 is 0 Å². The van der Waals surface area contributed by atoms with Gasteiger partial charge >= 0.3 is 0 Å². The van der Waals surface area contributed by atoms with Crippen LogP contribution in [0.1, 0.15) is 12.0 Å². The lowest BCUT2D eigenvalue weighted by Crippen LogP contribution is -2.21. The van der Waals surface area contributed by atoms with E-state index in [0.29, 0.717) is 17.3 Å². The van der Waals surface area contributed by atoms with Crippen LogP contribution in [0.4, 0.5) is 24.5 Å². The van der Waals surface area contributed by atoms with E-state index in [1.807, 2.05) is 6.07 Å². The molecule has 2 aromatic carbocycles. The summed E-state index contributed by atoms with van der Waals surface area (Å²) in [6.07, 6.45) is 0.251. The van der Waals surface area contributed by atoms with Crippen LogP contribution in [0, 0.1) is 40.6 Å². The second-order valence-corrected chi connectivity index (χ2v) is 5.84. The zero-order chi connectivity index (χ0) is 18.8. The highest BCUT2D eigenvalue weighted by molar-refractivity contribution is 6.03. The van der Waals surface area contributed by atoms with Crippen LogP contribution in [-0.4, -0.2) is 11.8 Å². The highest BCUT2D eigenvalue weighted by atomic mass is 19.2. The largest absolute Gasteiger partial charge is 0.326 e. The fourth-order valence-corrected chi connectivity index (χ4v) is 2.52. The van der Waals surface area contributed by atoms with E-state index in [4.69, 9.17) is 5.26 Å². The number of hydrogen-bond donors (Lipinski definition) is 2. The minimum Gasteiger partial charge on any atom is -0.326 e. The van der Waals surface area contributed by atoms with Gasteiger partial charge in [0.15, 0.2) is 17.5 Å². The van der Waals surface area contributed by atoms with Crippen LogP contribution >= 0.6 is 0 Å². The molecule has 2 N–H and O–H groups in total. The van der Waals surface area contributed by atoms with Crippen molar-refractivity contribution in [3.63, 3.8) is 0 Å². The summed E-state index contributed by atoms with van der Waals surface area (Å²) in [6, 6.07) is 9.85. The number of nitrogens with one attached hydrogen (secondary N) is 2. The third kappa shape index (κ3) is 3.52. The van der Waals surface area contributed by atoms with Crippen molar-refractivity contribution < 1.29 is 22.8 Å². The van der Waals surface area contributed by atoms with E-state index in [1.165, 1.54) is 6.07 Å². The number of carbonyl (C=O) groups is 2. The summed E-state index contributed by atoms with van der Waals surface area (Å²) in [6.45, 7) is 0. The van der Waals surface area contributed by atoms with Gasteiger partial charge in [-0.15, -0.1) is 0 Å². The van der Waals surface area contributed by atoms with Gasteiger partial charge in [0.1, 0.15) is 0 Å². The van der Waals surface area contributed by atoms with E-state index in [-0.39, 0.29) is 6.42 Å². The summed E-state index contributed by atoms with van der Waals surface area (Å²) < 4.78 is 39.7. The van der Waals surface area contributed by atoms with Gasteiger partial charge < -0.3 is 10.6 Å². The third-order valence-corrected chi connectivity index (χ3v) is 4.02. The van der Waals surface area contributed by atoms with Crippen LogP contribution in [-0.2, 0) is 9.59 Å². The highest BCUT2D eigenvalue weighted by Gasteiger charge is 2.48. The Morgan fingerprint density at radius 3 is 2.38 bits per heavy atom. The van der Waals surface area contributed by atoms with Gasteiger partial charge in [0.2, 0.25) is 11.8 Å². The van der Waals surface area contributed by atoms with Gasteiger partial charge in [0.05, 0.1) is 29.2 Å². The molecule has 2 aromatic rings. The lowest BCUT2D eigenvalue weighted by molar-refractivity contribution is -0.122. The zero-order valence-electron chi connectivity index (χ0n) is 13.2. The Hall–Kier alpha value is -3.34. The Bertz CT molecular complexity index is 940. The number of hydrogen-bond acceptors (Lipinski definition) is 3. The average molecular weight is 359 g/mol. The molecule has 2 amide bonds. The highest BCUT2D eigenvalue weighted by Crippen LogP contribution is 2.40. The maximum atomic E-state index is 13.6. The Balaban J connectivity index is 1.61. The molecule has 26 heavy (non-hydrogen) atoms. The Morgan fingerprint density at radius 2 is 1.69 bits per heavy atom. The zero-order valence-corrected chi connectivity index (χ0v) is 13.2. The average Bonchev–Trinajstić information content (AvgIpc) is 3.43. The summed E-state index contributed by atoms with van der Waals surface area (Å²) >= 11 is 0. The molecule has 0 saturated heterocycles. The molecule has 1 aliphatic rings. The first-order chi connectivity index (χ1) is 12.4. The number of anilines is 2. The second kappa shape index (κ2) is 6.88. The fraction of sp³-hybridized carbons (Fsp3) is 0.167. The molecule has 0 radical (unpaired) electrons. The van der Waals surface area contributed by atoms with Gasteiger partial charge in [-0.05, 0) is 36.8 Å². The molecule has 5 nitrogen and oxygen atoms in total. The number of nitrogens with zero attached hydrogens (tertiary/aromatic N) is 1. The minimum absolute atomic E-state index is 0.251. The topological polar surface area (TPSA) is 82.0 Å². The van der Waals surface area contributed by atoms with Crippen LogP contribution in [0.2, 0.25) is 0 Å². The summed E-state index contributed by atoms with van der Waals surface area (Å²) in [5.74, 6) is -6.90. The predicted octanol–water partition coefficient (Wildman–Crippen LogP) is 3.19. The number of nitriles is 1. The van der Waals surface area contributed by atoms with Crippen molar-refractivity contribution in [2.24, 2.45) is 11.8 Å². The first-order valence-electron chi connectivity index (χ1n) is 7.66. The summed E-state index contributed by atoms with van der Waals surface area (Å²) in [4.78, 5) is 24.2. The van der Waals surface area contributed by atoms with E-state index in [2.05, 4.69) is 10.6 Å². The normalized spacial score (nSPS) is 17.9. The molecule has 132 valence electrons. The van der Waals surface area contributed by atoms with Crippen molar-refractivity contribution in [3.05, 3.63) is 59.4 Å². The summed E-state index contributed by atoms with van der Waals surface area (Å²) in [7, 11) is 0. The molecule has 0 aliphatic heterocycles. The molecule has 8 heteroatoms. The van der Waals surface area contributed by atoms with Crippen molar-refractivity contribution >= 4 is 23.2 Å². The molecule has 1 fully saturated rings. The maximum Gasteiger partial charge on any atom is 0.228 e. The summed E-state index contributed by atoms with van der Waals surface area (Å²) in [5, 5.41) is 13.6. The molecular formula is C18H12F3N3O2. The van der Waals surface area contributed by atoms with Gasteiger partial charge in [-0.1, -0.05) is 6.07 Å². The molecule has 0 spiro atoms. The monoisotopic (exact) mass is 359 g/mol. The number of rotatable bonds is 4. The number of benzene rings is 2. The lowest BCUT2D eigenvalue weighted by Gasteiger charge is -2.08. The SMILES string of the molecule is N#Cc1cccc(NC(=O)C2CC2C(=O)Nc2ccc(F)c(F)c2F)c1. The quantitative estimate of drug-likeness (QED) is 0.823. The Labute approximate surface area is 146 Å². The Kier molecular flexibility index (Phi) is 4.63. The molecule has 2 unspecified atom stereocenters. The van der Waals surface area contributed by atoms with E-state index in [9.17, 15) is 22.8 Å².